The summed E-state index contributed by atoms with van der Waals surface area (Å²) in [7, 11) is 0. The van der Waals surface area contributed by atoms with E-state index >= 15 is 0 Å². The van der Waals surface area contributed by atoms with Gasteiger partial charge in [0.25, 0.3) is 0 Å². The van der Waals surface area contributed by atoms with Crippen molar-refractivity contribution in [1.82, 2.24) is 0 Å². The maximum Gasteiger partial charge on any atom is 0.305 e. The standard InChI is InChI=1S/C16H32O6/c1-4-22-16(17)6-5-7-18-8-9-19-10-11-20-12-13-21-14-15(2)3/h15H,4-14H2,1-3H3. The summed E-state index contributed by atoms with van der Waals surface area (Å²) < 4.78 is 26.3. The summed E-state index contributed by atoms with van der Waals surface area (Å²) in [6.07, 6.45) is 1.08. The molecule has 0 unspecified atom stereocenters. The van der Waals surface area contributed by atoms with E-state index in [9.17, 15) is 4.79 Å². The van der Waals surface area contributed by atoms with Crippen LogP contribution in [0.25, 0.3) is 0 Å². The van der Waals surface area contributed by atoms with Gasteiger partial charge >= 0.3 is 5.97 Å². The second-order valence-electron chi connectivity index (χ2n) is 5.21. The second-order valence-corrected chi connectivity index (χ2v) is 5.21. The molecule has 0 atom stereocenters. The van der Waals surface area contributed by atoms with Crippen molar-refractivity contribution in [2.75, 3.05) is 59.5 Å². The number of carbonyl (C=O) groups excluding carboxylic acids is 1. The van der Waals surface area contributed by atoms with Crippen LogP contribution in [0, 0.1) is 5.92 Å². The zero-order valence-electron chi connectivity index (χ0n) is 14.3. The molecule has 0 bridgehead atoms. The van der Waals surface area contributed by atoms with Crippen molar-refractivity contribution in [2.45, 2.75) is 33.6 Å². The first-order chi connectivity index (χ1) is 10.7. The smallest absolute Gasteiger partial charge is 0.305 e. The minimum absolute atomic E-state index is 0.170. The van der Waals surface area contributed by atoms with E-state index in [2.05, 4.69) is 13.8 Å². The van der Waals surface area contributed by atoms with Crippen molar-refractivity contribution in [3.05, 3.63) is 0 Å². The van der Waals surface area contributed by atoms with E-state index in [1.54, 1.807) is 6.92 Å². The highest BCUT2D eigenvalue weighted by atomic mass is 16.6. The molecule has 0 aromatic heterocycles. The van der Waals surface area contributed by atoms with E-state index in [4.69, 9.17) is 23.7 Å². The van der Waals surface area contributed by atoms with Crippen LogP contribution in [0.5, 0.6) is 0 Å². The predicted octanol–water partition coefficient (Wildman–Crippen LogP) is 2.05. The van der Waals surface area contributed by atoms with Gasteiger partial charge in [-0.15, -0.1) is 0 Å². The van der Waals surface area contributed by atoms with Gasteiger partial charge in [0.15, 0.2) is 0 Å². The summed E-state index contributed by atoms with van der Waals surface area (Å²) >= 11 is 0. The molecule has 0 aliphatic heterocycles. The van der Waals surface area contributed by atoms with Gasteiger partial charge in [0, 0.05) is 19.6 Å². The molecular weight excluding hydrogens is 288 g/mol. The van der Waals surface area contributed by atoms with Crippen LogP contribution in [-0.2, 0) is 28.5 Å². The summed E-state index contributed by atoms with van der Waals surface area (Å²) in [5.74, 6) is 0.387. The monoisotopic (exact) mass is 320 g/mol. The summed E-state index contributed by atoms with van der Waals surface area (Å²) in [6, 6.07) is 0. The van der Waals surface area contributed by atoms with Gasteiger partial charge in [-0.1, -0.05) is 13.8 Å². The van der Waals surface area contributed by atoms with Crippen molar-refractivity contribution in [3.8, 4) is 0 Å². The lowest BCUT2D eigenvalue weighted by atomic mass is 10.2. The van der Waals surface area contributed by atoms with Gasteiger partial charge in [0.1, 0.15) is 0 Å². The maximum absolute atomic E-state index is 11.1. The van der Waals surface area contributed by atoms with E-state index in [-0.39, 0.29) is 5.97 Å². The molecule has 22 heavy (non-hydrogen) atoms. The lowest BCUT2D eigenvalue weighted by molar-refractivity contribution is -0.143. The molecule has 0 fully saturated rings. The predicted molar refractivity (Wildman–Crippen MR) is 84.0 cm³/mol. The molecule has 6 nitrogen and oxygen atoms in total. The van der Waals surface area contributed by atoms with Gasteiger partial charge in [0.05, 0.1) is 46.2 Å². The third kappa shape index (κ3) is 17.4. The Morgan fingerprint density at radius 2 is 1.32 bits per heavy atom. The zero-order chi connectivity index (χ0) is 16.5. The molecule has 6 heteroatoms. The minimum Gasteiger partial charge on any atom is -0.466 e. The van der Waals surface area contributed by atoms with Crippen LogP contribution < -0.4 is 0 Å². The normalized spacial score (nSPS) is 11.1. The molecule has 0 radical (unpaired) electrons. The van der Waals surface area contributed by atoms with Crippen LogP contribution >= 0.6 is 0 Å². The lowest BCUT2D eigenvalue weighted by Gasteiger charge is -2.08. The first kappa shape index (κ1) is 21.3. The van der Waals surface area contributed by atoms with Crippen molar-refractivity contribution in [2.24, 2.45) is 5.92 Å². The van der Waals surface area contributed by atoms with Gasteiger partial charge in [-0.2, -0.15) is 0 Å². The zero-order valence-corrected chi connectivity index (χ0v) is 14.3. The second kappa shape index (κ2) is 16.7. The largest absolute Gasteiger partial charge is 0.466 e. The van der Waals surface area contributed by atoms with Gasteiger partial charge in [-0.05, 0) is 19.3 Å². The van der Waals surface area contributed by atoms with Crippen molar-refractivity contribution >= 4 is 5.97 Å². The molecule has 0 N–H and O–H groups in total. The number of esters is 1. The summed E-state index contributed by atoms with van der Waals surface area (Å²) in [5, 5.41) is 0. The highest BCUT2D eigenvalue weighted by Gasteiger charge is 2.00. The van der Waals surface area contributed by atoms with Crippen LogP contribution in [0.4, 0.5) is 0 Å². The Balaban J connectivity index is 3.04. The Hall–Kier alpha value is -0.690. The minimum atomic E-state index is -0.170. The fourth-order valence-corrected chi connectivity index (χ4v) is 1.53. The van der Waals surface area contributed by atoms with Crippen LogP contribution in [0.15, 0.2) is 0 Å². The molecule has 0 aliphatic carbocycles. The molecule has 0 spiro atoms. The number of ether oxygens (including phenoxy) is 5. The third-order valence-corrected chi connectivity index (χ3v) is 2.54. The number of carbonyl (C=O) groups is 1. The molecule has 0 rings (SSSR count). The van der Waals surface area contributed by atoms with E-state index in [0.717, 1.165) is 6.61 Å². The maximum atomic E-state index is 11.1. The summed E-state index contributed by atoms with van der Waals surface area (Å²) in [6.45, 7) is 11.2. The Bertz CT molecular complexity index is 245. The lowest BCUT2D eigenvalue weighted by Crippen LogP contribution is -2.13. The Labute approximate surface area is 134 Å². The van der Waals surface area contributed by atoms with Gasteiger partial charge in [-0.25, -0.2) is 0 Å². The van der Waals surface area contributed by atoms with Crippen molar-refractivity contribution in [3.63, 3.8) is 0 Å². The Morgan fingerprint density at radius 3 is 1.82 bits per heavy atom. The Kier molecular flexibility index (Phi) is 16.2. The van der Waals surface area contributed by atoms with E-state index in [1.807, 2.05) is 0 Å². The fraction of sp³-hybridized carbons (Fsp3) is 0.938. The molecule has 0 aromatic rings. The van der Waals surface area contributed by atoms with Crippen molar-refractivity contribution < 1.29 is 28.5 Å². The average Bonchev–Trinajstić information content (AvgIpc) is 2.47. The molecule has 0 aromatic carbocycles. The fourth-order valence-electron chi connectivity index (χ4n) is 1.53. The number of hydrogen-bond donors (Lipinski definition) is 0. The highest BCUT2D eigenvalue weighted by Crippen LogP contribution is 1.94. The average molecular weight is 320 g/mol. The van der Waals surface area contributed by atoms with Gasteiger partial charge in [0.2, 0.25) is 0 Å². The van der Waals surface area contributed by atoms with E-state index in [0.29, 0.717) is 71.6 Å². The SMILES string of the molecule is CCOC(=O)CCCOCCOCCOCCOCC(C)C. The van der Waals surface area contributed by atoms with Gasteiger partial charge < -0.3 is 23.7 Å². The quantitative estimate of drug-likeness (QED) is 0.320. The highest BCUT2D eigenvalue weighted by molar-refractivity contribution is 5.69. The van der Waals surface area contributed by atoms with Crippen LogP contribution in [-0.4, -0.2) is 65.4 Å². The molecule has 0 amide bonds. The molecule has 132 valence electrons. The van der Waals surface area contributed by atoms with Crippen LogP contribution in [0.2, 0.25) is 0 Å². The number of hydrogen-bond acceptors (Lipinski definition) is 6. The number of rotatable bonds is 16. The first-order valence-corrected chi connectivity index (χ1v) is 8.13. The van der Waals surface area contributed by atoms with E-state index in [1.165, 1.54) is 0 Å². The molecule has 0 heterocycles. The summed E-state index contributed by atoms with van der Waals surface area (Å²) in [5.41, 5.74) is 0. The molecule has 0 saturated carbocycles. The third-order valence-electron chi connectivity index (χ3n) is 2.54. The van der Waals surface area contributed by atoms with E-state index < -0.39 is 0 Å². The summed E-state index contributed by atoms with van der Waals surface area (Å²) in [4.78, 5) is 11.1. The topological polar surface area (TPSA) is 63.2 Å². The molecule has 0 saturated heterocycles. The Morgan fingerprint density at radius 1 is 0.818 bits per heavy atom. The molecule has 0 aliphatic rings. The van der Waals surface area contributed by atoms with Crippen LogP contribution in [0.3, 0.4) is 0 Å². The molecular formula is C16H32O6. The van der Waals surface area contributed by atoms with Crippen molar-refractivity contribution in [1.29, 1.82) is 0 Å². The van der Waals surface area contributed by atoms with Crippen LogP contribution in [0.1, 0.15) is 33.6 Å². The first-order valence-electron chi connectivity index (χ1n) is 8.13. The van der Waals surface area contributed by atoms with Gasteiger partial charge in [-0.3, -0.25) is 4.79 Å².